The highest BCUT2D eigenvalue weighted by atomic mass is 16.4. The van der Waals surface area contributed by atoms with Gasteiger partial charge in [-0.2, -0.15) is 5.11 Å². The molecule has 0 aliphatic heterocycles. The van der Waals surface area contributed by atoms with Crippen molar-refractivity contribution in [2.75, 3.05) is 0 Å². The molecule has 0 amide bonds. The second-order valence-corrected chi connectivity index (χ2v) is 5.08. The van der Waals surface area contributed by atoms with Gasteiger partial charge in [-0.15, -0.1) is 5.11 Å². The molecule has 0 heterocycles. The molecular formula is C19H14N2O3. The summed E-state index contributed by atoms with van der Waals surface area (Å²) in [6, 6.07) is 20.4. The first kappa shape index (κ1) is 15.4. The first-order valence-electron chi connectivity index (χ1n) is 7.27. The van der Waals surface area contributed by atoms with Gasteiger partial charge in [-0.05, 0) is 42.0 Å². The fourth-order valence-corrected chi connectivity index (χ4v) is 2.32. The van der Waals surface area contributed by atoms with E-state index >= 15 is 0 Å². The maximum atomic E-state index is 11.4. The summed E-state index contributed by atoms with van der Waals surface area (Å²) >= 11 is 0. The number of nitrogens with zero attached hydrogens (tertiary/aromatic N) is 2. The number of hydrogen-bond acceptors (Lipinski definition) is 4. The Morgan fingerprint density at radius 1 is 0.750 bits per heavy atom. The molecule has 2 N–H and O–H groups in total. The number of phenolic OH excluding ortho intramolecular Hbond substituents is 1. The summed E-state index contributed by atoms with van der Waals surface area (Å²) < 4.78 is 0. The minimum absolute atomic E-state index is 0.157. The highest BCUT2D eigenvalue weighted by Gasteiger charge is 2.13. The standard InChI is InChI=1S/C19H14N2O3/c22-14-11-9-13(10-12-14)20-21-18-8-4-3-6-16(18)15-5-1-2-7-17(15)19(23)24/h1-12,22H,(H,23,24). The third-order valence-corrected chi connectivity index (χ3v) is 3.47. The maximum absolute atomic E-state index is 11.4. The molecule has 24 heavy (non-hydrogen) atoms. The summed E-state index contributed by atoms with van der Waals surface area (Å²) in [5.74, 6) is -0.833. The summed E-state index contributed by atoms with van der Waals surface area (Å²) in [6.45, 7) is 0. The number of hydrogen-bond donors (Lipinski definition) is 2. The van der Waals surface area contributed by atoms with Crippen LogP contribution >= 0.6 is 0 Å². The van der Waals surface area contributed by atoms with E-state index in [-0.39, 0.29) is 11.3 Å². The Balaban J connectivity index is 2.03. The first-order chi connectivity index (χ1) is 11.6. The molecule has 5 heteroatoms. The smallest absolute Gasteiger partial charge is 0.336 e. The van der Waals surface area contributed by atoms with E-state index < -0.39 is 5.97 Å². The Hall–Kier alpha value is -3.47. The van der Waals surface area contributed by atoms with Gasteiger partial charge < -0.3 is 10.2 Å². The van der Waals surface area contributed by atoms with Crippen molar-refractivity contribution in [3.05, 3.63) is 78.4 Å². The molecule has 0 aliphatic carbocycles. The Bertz CT molecular complexity index is 902. The highest BCUT2D eigenvalue weighted by Crippen LogP contribution is 2.33. The van der Waals surface area contributed by atoms with Gasteiger partial charge in [0.2, 0.25) is 0 Å². The van der Waals surface area contributed by atoms with E-state index in [1.165, 1.54) is 12.1 Å². The Morgan fingerprint density at radius 2 is 1.38 bits per heavy atom. The molecule has 0 unspecified atom stereocenters. The number of carbonyl (C=O) groups is 1. The highest BCUT2D eigenvalue weighted by molar-refractivity contribution is 5.97. The lowest BCUT2D eigenvalue weighted by Crippen LogP contribution is -1.98. The van der Waals surface area contributed by atoms with Crippen LogP contribution in [0, 0.1) is 0 Å². The lowest BCUT2D eigenvalue weighted by atomic mass is 9.98. The van der Waals surface area contributed by atoms with E-state index in [1.54, 1.807) is 42.5 Å². The molecule has 3 rings (SSSR count). The summed E-state index contributed by atoms with van der Waals surface area (Å²) in [5.41, 5.74) is 2.65. The van der Waals surface area contributed by atoms with Crippen molar-refractivity contribution in [1.29, 1.82) is 0 Å². The van der Waals surface area contributed by atoms with Gasteiger partial charge in [0.25, 0.3) is 0 Å². The third-order valence-electron chi connectivity index (χ3n) is 3.47. The maximum Gasteiger partial charge on any atom is 0.336 e. The van der Waals surface area contributed by atoms with Crippen molar-refractivity contribution in [2.45, 2.75) is 0 Å². The zero-order valence-corrected chi connectivity index (χ0v) is 12.6. The number of carboxylic acids is 1. The number of aromatic hydroxyl groups is 1. The molecule has 3 aromatic carbocycles. The summed E-state index contributed by atoms with van der Waals surface area (Å²) in [4.78, 5) is 11.4. The normalized spacial score (nSPS) is 10.8. The predicted octanol–water partition coefficient (Wildman–Crippen LogP) is 5.17. The predicted molar refractivity (Wildman–Crippen MR) is 91.1 cm³/mol. The zero-order valence-electron chi connectivity index (χ0n) is 12.6. The van der Waals surface area contributed by atoms with Gasteiger partial charge in [0.15, 0.2) is 0 Å². The monoisotopic (exact) mass is 318 g/mol. The Kier molecular flexibility index (Phi) is 4.34. The SMILES string of the molecule is O=C(O)c1ccccc1-c1ccccc1N=Nc1ccc(O)cc1. The number of rotatable bonds is 4. The third kappa shape index (κ3) is 3.30. The van der Waals surface area contributed by atoms with Gasteiger partial charge >= 0.3 is 5.97 Å². The average Bonchev–Trinajstić information content (AvgIpc) is 2.61. The Morgan fingerprint density at radius 3 is 2.08 bits per heavy atom. The van der Waals surface area contributed by atoms with Crippen LogP contribution in [-0.2, 0) is 0 Å². The van der Waals surface area contributed by atoms with E-state index in [0.717, 1.165) is 0 Å². The second-order valence-electron chi connectivity index (χ2n) is 5.08. The fraction of sp³-hybridized carbons (Fsp3) is 0. The van der Waals surface area contributed by atoms with Gasteiger partial charge in [-0.1, -0.05) is 36.4 Å². The zero-order chi connectivity index (χ0) is 16.9. The molecule has 0 spiro atoms. The molecule has 3 aromatic rings. The Labute approximate surface area is 138 Å². The molecule has 0 radical (unpaired) electrons. The van der Waals surface area contributed by atoms with Gasteiger partial charge in [0, 0.05) is 5.56 Å². The molecule has 0 aliphatic rings. The average molecular weight is 318 g/mol. The number of phenols is 1. The molecule has 0 bridgehead atoms. The lowest BCUT2D eigenvalue weighted by Gasteiger charge is -2.08. The van der Waals surface area contributed by atoms with Crippen LogP contribution < -0.4 is 0 Å². The van der Waals surface area contributed by atoms with E-state index in [1.807, 2.05) is 18.2 Å². The number of azo groups is 1. The molecule has 0 atom stereocenters. The summed E-state index contributed by atoms with van der Waals surface area (Å²) in [7, 11) is 0. The number of carboxylic acid groups (broad SMARTS) is 1. The van der Waals surface area contributed by atoms with Crippen LogP contribution in [0.4, 0.5) is 11.4 Å². The molecular weight excluding hydrogens is 304 g/mol. The summed E-state index contributed by atoms with van der Waals surface area (Å²) in [5, 5.41) is 27.0. The van der Waals surface area contributed by atoms with Crippen molar-refractivity contribution in [1.82, 2.24) is 0 Å². The molecule has 0 saturated heterocycles. The largest absolute Gasteiger partial charge is 0.508 e. The topological polar surface area (TPSA) is 82.2 Å². The molecule has 0 aromatic heterocycles. The van der Waals surface area contributed by atoms with Crippen LogP contribution in [-0.4, -0.2) is 16.2 Å². The van der Waals surface area contributed by atoms with Crippen LogP contribution in [0.15, 0.2) is 83.0 Å². The van der Waals surface area contributed by atoms with Crippen LogP contribution in [0.25, 0.3) is 11.1 Å². The van der Waals surface area contributed by atoms with Gasteiger partial charge in [0.05, 0.1) is 16.9 Å². The van der Waals surface area contributed by atoms with E-state index in [2.05, 4.69) is 10.2 Å². The van der Waals surface area contributed by atoms with Crippen LogP contribution in [0.5, 0.6) is 5.75 Å². The van der Waals surface area contributed by atoms with E-state index in [0.29, 0.717) is 22.5 Å². The first-order valence-corrected chi connectivity index (χ1v) is 7.27. The molecule has 5 nitrogen and oxygen atoms in total. The number of benzene rings is 3. The van der Waals surface area contributed by atoms with Crippen molar-refractivity contribution >= 4 is 17.3 Å². The molecule has 0 saturated carbocycles. The van der Waals surface area contributed by atoms with Crippen molar-refractivity contribution in [2.24, 2.45) is 10.2 Å². The van der Waals surface area contributed by atoms with E-state index in [9.17, 15) is 15.0 Å². The second kappa shape index (κ2) is 6.75. The minimum Gasteiger partial charge on any atom is -0.508 e. The van der Waals surface area contributed by atoms with Gasteiger partial charge in [-0.3, -0.25) is 0 Å². The summed E-state index contributed by atoms with van der Waals surface area (Å²) in [6.07, 6.45) is 0. The lowest BCUT2D eigenvalue weighted by molar-refractivity contribution is 0.0697. The molecule has 0 fully saturated rings. The van der Waals surface area contributed by atoms with Gasteiger partial charge in [0.1, 0.15) is 5.75 Å². The quantitative estimate of drug-likeness (QED) is 0.651. The molecule has 118 valence electrons. The fourth-order valence-electron chi connectivity index (χ4n) is 2.32. The van der Waals surface area contributed by atoms with Crippen LogP contribution in [0.3, 0.4) is 0 Å². The van der Waals surface area contributed by atoms with Gasteiger partial charge in [-0.25, -0.2) is 4.79 Å². The van der Waals surface area contributed by atoms with Crippen molar-refractivity contribution in [3.63, 3.8) is 0 Å². The number of aromatic carboxylic acids is 1. The minimum atomic E-state index is -0.990. The van der Waals surface area contributed by atoms with Crippen molar-refractivity contribution in [3.8, 4) is 16.9 Å². The van der Waals surface area contributed by atoms with Crippen LogP contribution in [0.2, 0.25) is 0 Å². The van der Waals surface area contributed by atoms with E-state index in [4.69, 9.17) is 0 Å². The van der Waals surface area contributed by atoms with Crippen LogP contribution in [0.1, 0.15) is 10.4 Å². The van der Waals surface area contributed by atoms with Crippen molar-refractivity contribution < 1.29 is 15.0 Å².